The lowest BCUT2D eigenvalue weighted by Gasteiger charge is -2.40. The molecule has 1 aromatic heterocycles. The van der Waals surface area contributed by atoms with Crippen LogP contribution in [0, 0.1) is 6.92 Å². The van der Waals surface area contributed by atoms with E-state index in [0.717, 1.165) is 81.5 Å². The zero-order valence-corrected chi connectivity index (χ0v) is 37.7. The summed E-state index contributed by atoms with van der Waals surface area (Å²) in [7, 11) is -3.99. The van der Waals surface area contributed by atoms with E-state index in [2.05, 4.69) is 26.0 Å². The highest BCUT2D eigenvalue weighted by atomic mass is 32.2. The molecule has 13 heteroatoms. The second-order valence-electron chi connectivity index (χ2n) is 17.4. The quantitative estimate of drug-likeness (QED) is 0.0811. The summed E-state index contributed by atoms with van der Waals surface area (Å²) in [5.74, 6) is -0.433. The minimum Gasteiger partial charge on any atom is -0.392 e. The van der Waals surface area contributed by atoms with Crippen LogP contribution in [0.4, 0.5) is 0 Å². The number of imidazole rings is 1. The predicted octanol–water partition coefficient (Wildman–Crippen LogP) is 7.89. The summed E-state index contributed by atoms with van der Waals surface area (Å²) in [6.45, 7) is 4.42. The Morgan fingerprint density at radius 1 is 0.773 bits per heavy atom. The van der Waals surface area contributed by atoms with Crippen molar-refractivity contribution in [3.63, 3.8) is 0 Å². The summed E-state index contributed by atoms with van der Waals surface area (Å²) >= 11 is 0. The molecule has 9 rings (SSSR count). The van der Waals surface area contributed by atoms with E-state index < -0.39 is 28.3 Å². The fourth-order valence-corrected chi connectivity index (χ4v) is 10.4. The number of para-hydroxylation sites is 2. The summed E-state index contributed by atoms with van der Waals surface area (Å²) in [5, 5.41) is 12.7. The summed E-state index contributed by atoms with van der Waals surface area (Å²) < 4.78 is 45.0. The first kappa shape index (κ1) is 45.0. The maximum Gasteiger partial charge on any atom is 0.326 e. The van der Waals surface area contributed by atoms with Gasteiger partial charge in [0.25, 0.3) is 0 Å². The Labute approximate surface area is 385 Å². The molecule has 2 aliphatic heterocycles. The second kappa shape index (κ2) is 20.1. The minimum atomic E-state index is -3.99. The zero-order chi connectivity index (χ0) is 45.6. The molecule has 6 aromatic carbocycles. The molecule has 0 bridgehead atoms. The highest BCUT2D eigenvalue weighted by Gasteiger charge is 2.35. The van der Waals surface area contributed by atoms with Gasteiger partial charge in [-0.1, -0.05) is 121 Å². The second-order valence-corrected chi connectivity index (χ2v) is 19.1. The molecule has 4 atom stereocenters. The average Bonchev–Trinajstić information content (AvgIpc) is 3.69. The molecule has 0 radical (unpaired) electrons. The summed E-state index contributed by atoms with van der Waals surface area (Å²) in [5.41, 5.74) is 8.95. The largest absolute Gasteiger partial charge is 0.392 e. The molecular weight excluding hydrogens is 851 g/mol. The number of hydrogen-bond donors (Lipinski definition) is 4. The number of fused-ring (bicyclic) bond motifs is 1. The third-order valence-electron chi connectivity index (χ3n) is 12.7. The number of aromatic nitrogens is 2. The van der Waals surface area contributed by atoms with Gasteiger partial charge in [-0.3, -0.25) is 9.36 Å². The third kappa shape index (κ3) is 10.6. The Hall–Kier alpha value is -6.19. The molecule has 340 valence electrons. The van der Waals surface area contributed by atoms with Gasteiger partial charge in [0.05, 0.1) is 34.7 Å². The van der Waals surface area contributed by atoms with Crippen molar-refractivity contribution in [1.29, 1.82) is 0 Å². The molecule has 12 nitrogen and oxygen atoms in total. The topological polar surface area (TPSA) is 155 Å². The fourth-order valence-electron chi connectivity index (χ4n) is 9.17. The van der Waals surface area contributed by atoms with E-state index in [1.54, 1.807) is 24.3 Å². The number of benzene rings is 6. The molecule has 2 aliphatic rings. The minimum absolute atomic E-state index is 0.0357. The smallest absolute Gasteiger partial charge is 0.326 e. The van der Waals surface area contributed by atoms with E-state index in [1.807, 2.05) is 133 Å². The van der Waals surface area contributed by atoms with Gasteiger partial charge in [0.15, 0.2) is 6.29 Å². The molecule has 0 aliphatic carbocycles. The number of hydrogen-bond acceptors (Lipinski definition) is 8. The number of aliphatic hydroxyl groups excluding tert-OH is 1. The van der Waals surface area contributed by atoms with Gasteiger partial charge in [0.1, 0.15) is 6.04 Å². The molecule has 0 unspecified atom stereocenters. The highest BCUT2D eigenvalue weighted by molar-refractivity contribution is 7.89. The number of sulfonamides is 1. The van der Waals surface area contributed by atoms with Crippen molar-refractivity contribution in [2.24, 2.45) is 0 Å². The Morgan fingerprint density at radius 2 is 1.47 bits per heavy atom. The number of aryl methyl sites for hydroxylation is 1. The van der Waals surface area contributed by atoms with Gasteiger partial charge in [0, 0.05) is 44.2 Å². The number of carbonyl (C=O) groups excluding carboxylic acids is 1. The van der Waals surface area contributed by atoms with Gasteiger partial charge in [-0.2, -0.15) is 4.72 Å². The highest BCUT2D eigenvalue weighted by Crippen LogP contribution is 2.39. The van der Waals surface area contributed by atoms with Gasteiger partial charge in [-0.15, -0.1) is 0 Å². The maximum absolute atomic E-state index is 13.8. The lowest BCUT2D eigenvalue weighted by Crippen LogP contribution is -2.47. The predicted molar refractivity (Wildman–Crippen MR) is 255 cm³/mol. The first-order chi connectivity index (χ1) is 32.1. The zero-order valence-electron chi connectivity index (χ0n) is 36.9. The molecular formula is C53H55N5O7S. The molecule has 2 saturated heterocycles. The van der Waals surface area contributed by atoms with E-state index in [-0.39, 0.29) is 48.4 Å². The van der Waals surface area contributed by atoms with Gasteiger partial charge < -0.3 is 29.8 Å². The Morgan fingerprint density at radius 3 is 2.23 bits per heavy atom. The van der Waals surface area contributed by atoms with Gasteiger partial charge >= 0.3 is 5.69 Å². The van der Waals surface area contributed by atoms with Crippen molar-refractivity contribution >= 4 is 27.0 Å². The first-order valence-corrected chi connectivity index (χ1v) is 24.1. The molecule has 66 heavy (non-hydrogen) atoms. The lowest BCUT2D eigenvalue weighted by molar-refractivity contribution is -0.253. The number of ether oxygens (including phenoxy) is 2. The van der Waals surface area contributed by atoms with E-state index in [9.17, 15) is 23.1 Å². The third-order valence-corrected chi connectivity index (χ3v) is 14.2. The molecule has 7 aromatic rings. The number of piperidine rings is 1. The average molecular weight is 906 g/mol. The van der Waals surface area contributed by atoms with Crippen LogP contribution in [0.2, 0.25) is 0 Å². The maximum atomic E-state index is 13.8. The van der Waals surface area contributed by atoms with E-state index in [0.29, 0.717) is 13.0 Å². The number of aromatic amines is 1. The van der Waals surface area contributed by atoms with Crippen LogP contribution in [0.15, 0.2) is 161 Å². The number of nitrogens with one attached hydrogen (secondary N) is 3. The van der Waals surface area contributed by atoms with Crippen molar-refractivity contribution in [3.05, 3.63) is 196 Å². The van der Waals surface area contributed by atoms with E-state index in [4.69, 9.17) is 9.47 Å². The molecule has 1 amide bonds. The van der Waals surface area contributed by atoms with Gasteiger partial charge in [-0.25, -0.2) is 13.2 Å². The Bertz CT molecular complexity index is 2930. The molecule has 4 N–H and O–H groups in total. The number of amides is 1. The molecule has 0 saturated carbocycles. The van der Waals surface area contributed by atoms with E-state index in [1.165, 1.54) is 0 Å². The first-order valence-electron chi connectivity index (χ1n) is 22.6. The van der Waals surface area contributed by atoms with Crippen molar-refractivity contribution in [1.82, 2.24) is 24.5 Å². The molecule has 2 fully saturated rings. The fraction of sp³-hybridized carbons (Fsp3) is 0.283. The van der Waals surface area contributed by atoms with Gasteiger partial charge in [-0.05, 0) is 96.0 Å². The van der Waals surface area contributed by atoms with E-state index >= 15 is 0 Å². The summed E-state index contributed by atoms with van der Waals surface area (Å²) in [6, 6.07) is 46.8. The van der Waals surface area contributed by atoms with Crippen molar-refractivity contribution in [2.75, 3.05) is 19.6 Å². The van der Waals surface area contributed by atoms with Crippen LogP contribution in [-0.2, 0) is 43.9 Å². The summed E-state index contributed by atoms with van der Waals surface area (Å²) in [4.78, 5) is 32.3. The van der Waals surface area contributed by atoms with Crippen molar-refractivity contribution in [3.8, 4) is 11.1 Å². The SMILES string of the molecule is Cc1ccc(S(=O)(=O)N[C@H](Cc2ccccc2)C(=O)NCc2cccc(-c3cccc([C@H]4O[C@@H](CN5CCC(n6c(=O)[nH]c7ccccc76)CC5)C[C@@H](c5ccc(CO)cc5)O4)c3)c2)cc1. The van der Waals surface area contributed by atoms with Crippen LogP contribution >= 0.6 is 0 Å². The van der Waals surface area contributed by atoms with Crippen LogP contribution < -0.4 is 15.7 Å². The van der Waals surface area contributed by atoms with Crippen LogP contribution in [-0.4, -0.2) is 65.7 Å². The lowest BCUT2D eigenvalue weighted by atomic mass is 9.97. The Balaban J connectivity index is 0.891. The number of nitrogens with zero attached hydrogens (tertiary/aromatic N) is 2. The molecule has 3 heterocycles. The number of H-pyrrole nitrogens is 1. The van der Waals surface area contributed by atoms with Crippen molar-refractivity contribution in [2.45, 2.75) is 81.2 Å². The summed E-state index contributed by atoms with van der Waals surface area (Å²) in [6.07, 6.45) is 1.51. The van der Waals surface area contributed by atoms with Crippen molar-refractivity contribution < 1.29 is 27.8 Å². The number of aliphatic hydroxyl groups is 1. The monoisotopic (exact) mass is 905 g/mol. The van der Waals surface area contributed by atoms with Crippen LogP contribution in [0.5, 0.6) is 0 Å². The number of rotatable bonds is 15. The van der Waals surface area contributed by atoms with Crippen LogP contribution in [0.1, 0.15) is 71.1 Å². The molecule has 0 spiro atoms. The normalized spacial score (nSPS) is 18.8. The van der Waals surface area contributed by atoms with Gasteiger partial charge in [0.2, 0.25) is 15.9 Å². The van der Waals surface area contributed by atoms with Crippen LogP contribution in [0.3, 0.4) is 0 Å². The standard InChI is InChI=1S/C53H55N5O7S/c1-36-17-23-46(24-18-36)66(62,63)56-48(30-37-9-3-2-4-10-37)51(60)54-33-39-11-7-12-41(29-39)42-13-8-14-43(31-42)52-64-45(32-50(65-52)40-21-19-38(35-59)20-22-40)34-57-27-25-44(26-28-57)58-49-16-6-5-15-47(49)55-53(58)61/h2-24,29,31,44-45,48,50,52,56,59H,25-28,30,32-35H2,1H3,(H,54,60)(H,55,61)/t45-,48-,50+,52+/m1/s1. The number of likely N-dealkylation sites (tertiary alicyclic amines) is 1. The van der Waals surface area contributed by atoms with Crippen LogP contribution in [0.25, 0.3) is 22.2 Å². The number of carbonyl (C=O) groups is 1. The Kier molecular flexibility index (Phi) is 13.7.